The summed E-state index contributed by atoms with van der Waals surface area (Å²) < 4.78 is 17.0. The number of fused-ring (bicyclic) bond motifs is 4. The van der Waals surface area contributed by atoms with Crippen LogP contribution in [-0.4, -0.2) is 77.8 Å². The van der Waals surface area contributed by atoms with Crippen LogP contribution in [0.15, 0.2) is 36.5 Å². The Hall–Kier alpha value is -4.75. The highest BCUT2D eigenvalue weighted by Gasteiger charge is 2.47. The molecule has 5 aromatic heterocycles. The van der Waals surface area contributed by atoms with Crippen molar-refractivity contribution in [1.29, 1.82) is 0 Å². The molecule has 7 heterocycles. The van der Waals surface area contributed by atoms with Gasteiger partial charge in [0, 0.05) is 62.0 Å². The first-order valence-electron chi connectivity index (χ1n) is 17.1. The standard InChI is InChI=1S/C36H43N9O4/c1-19(38-35(46)25-17-42(3)41-28(25)18-48-4)27-10-8-22-12-30(43(34(22)39-27)16-21-6-7-21)33-20(2)44-31(40-33)13-23(14-32(44)49-5)36(47)45-24-9-11-29(45)26(37)15-24/h8,10,12-14,17,19,21,24,26,29H,6-7,9,11,15-16,18,37H2,1-5H3,(H,38,46)/t19-,24+,26-,29-/m1/s1. The summed E-state index contributed by atoms with van der Waals surface area (Å²) in [6.45, 7) is 5.04. The van der Waals surface area contributed by atoms with Crippen LogP contribution >= 0.6 is 0 Å². The zero-order valence-corrected chi connectivity index (χ0v) is 28.6. The van der Waals surface area contributed by atoms with Gasteiger partial charge < -0.3 is 30.0 Å². The zero-order chi connectivity index (χ0) is 34.1. The molecule has 5 aromatic rings. The Kier molecular flexibility index (Phi) is 7.71. The molecule has 8 rings (SSSR count). The summed E-state index contributed by atoms with van der Waals surface area (Å²) >= 11 is 0. The monoisotopic (exact) mass is 665 g/mol. The second kappa shape index (κ2) is 12.0. The van der Waals surface area contributed by atoms with Gasteiger partial charge in [0.15, 0.2) is 5.88 Å². The number of carbonyl (C=O) groups excluding carboxylic acids is 2. The highest BCUT2D eigenvalue weighted by atomic mass is 16.5. The molecule has 0 unspecified atom stereocenters. The predicted octanol–water partition coefficient (Wildman–Crippen LogP) is 4.15. The van der Waals surface area contributed by atoms with Gasteiger partial charge in [-0.05, 0) is 76.1 Å². The number of ether oxygens (including phenoxy) is 2. The summed E-state index contributed by atoms with van der Waals surface area (Å²) in [5.74, 6) is 0.892. The lowest BCUT2D eigenvalue weighted by Crippen LogP contribution is -2.40. The summed E-state index contributed by atoms with van der Waals surface area (Å²) in [6, 6.07) is 9.83. The summed E-state index contributed by atoms with van der Waals surface area (Å²) in [6.07, 6.45) is 6.86. The molecule has 2 aliphatic heterocycles. The van der Waals surface area contributed by atoms with Crippen molar-refractivity contribution in [2.45, 2.75) is 83.3 Å². The predicted molar refractivity (Wildman–Crippen MR) is 183 cm³/mol. The first-order chi connectivity index (χ1) is 23.6. The number of nitrogens with one attached hydrogen (secondary N) is 1. The summed E-state index contributed by atoms with van der Waals surface area (Å²) in [4.78, 5) is 39.4. The lowest BCUT2D eigenvalue weighted by Gasteiger charge is -2.23. The van der Waals surface area contributed by atoms with Crippen LogP contribution in [0.1, 0.15) is 82.9 Å². The van der Waals surface area contributed by atoms with Crippen molar-refractivity contribution < 1.29 is 19.1 Å². The van der Waals surface area contributed by atoms with Crippen molar-refractivity contribution in [2.24, 2.45) is 18.7 Å². The van der Waals surface area contributed by atoms with Crippen LogP contribution in [-0.2, 0) is 24.9 Å². The molecule has 4 atom stereocenters. The molecule has 0 aromatic carbocycles. The molecule has 0 radical (unpaired) electrons. The van der Waals surface area contributed by atoms with Crippen LogP contribution in [0.25, 0.3) is 28.1 Å². The van der Waals surface area contributed by atoms with Crippen LogP contribution in [0.4, 0.5) is 0 Å². The fourth-order valence-corrected chi connectivity index (χ4v) is 7.93. The molecule has 2 saturated heterocycles. The molecule has 0 spiro atoms. The molecular weight excluding hydrogens is 622 g/mol. The van der Waals surface area contributed by atoms with E-state index in [1.54, 1.807) is 32.1 Å². The molecule has 3 N–H and O–H groups in total. The van der Waals surface area contributed by atoms with Crippen LogP contribution in [0.3, 0.4) is 0 Å². The number of hydrogen-bond donors (Lipinski definition) is 2. The number of nitrogens with zero attached hydrogens (tertiary/aromatic N) is 7. The van der Waals surface area contributed by atoms with Gasteiger partial charge in [-0.3, -0.25) is 18.7 Å². The van der Waals surface area contributed by atoms with E-state index in [9.17, 15) is 9.59 Å². The van der Waals surface area contributed by atoms with Crippen LogP contribution in [0.2, 0.25) is 0 Å². The third-order valence-electron chi connectivity index (χ3n) is 10.6. The molecule has 256 valence electrons. The van der Waals surface area contributed by atoms with E-state index in [0.29, 0.717) is 34.3 Å². The lowest BCUT2D eigenvalue weighted by atomic mass is 9.97. The van der Waals surface area contributed by atoms with Gasteiger partial charge in [-0.25, -0.2) is 9.97 Å². The Morgan fingerprint density at radius 3 is 2.61 bits per heavy atom. The lowest BCUT2D eigenvalue weighted by molar-refractivity contribution is 0.0725. The van der Waals surface area contributed by atoms with E-state index in [0.717, 1.165) is 59.6 Å². The van der Waals surface area contributed by atoms with Crippen LogP contribution in [0.5, 0.6) is 5.88 Å². The molecule has 3 fully saturated rings. The van der Waals surface area contributed by atoms with Crippen molar-refractivity contribution in [3.63, 3.8) is 0 Å². The number of nitrogens with two attached hydrogens (primary N) is 1. The smallest absolute Gasteiger partial charge is 0.255 e. The van der Waals surface area contributed by atoms with Gasteiger partial charge in [-0.2, -0.15) is 5.10 Å². The number of pyridine rings is 2. The maximum atomic E-state index is 13.8. The van der Waals surface area contributed by atoms with Gasteiger partial charge in [0.2, 0.25) is 0 Å². The molecule has 1 aliphatic carbocycles. The summed E-state index contributed by atoms with van der Waals surface area (Å²) in [7, 11) is 4.99. The Bertz CT molecular complexity index is 2110. The zero-order valence-electron chi connectivity index (χ0n) is 28.6. The van der Waals surface area contributed by atoms with Gasteiger partial charge in [0.25, 0.3) is 11.8 Å². The van der Waals surface area contributed by atoms with Crippen LogP contribution < -0.4 is 15.8 Å². The number of hydrogen-bond acceptors (Lipinski definition) is 8. The van der Waals surface area contributed by atoms with Crippen molar-refractivity contribution in [3.05, 3.63) is 64.7 Å². The quantitative estimate of drug-likeness (QED) is 0.226. The van der Waals surface area contributed by atoms with E-state index in [4.69, 9.17) is 25.2 Å². The largest absolute Gasteiger partial charge is 0.482 e. The summed E-state index contributed by atoms with van der Waals surface area (Å²) in [5, 5.41) is 8.46. The van der Waals surface area contributed by atoms with E-state index in [1.807, 2.05) is 41.3 Å². The fourth-order valence-electron chi connectivity index (χ4n) is 7.93. The molecule has 3 aliphatic rings. The minimum absolute atomic E-state index is 0.0114. The molecule has 1 saturated carbocycles. The van der Waals surface area contributed by atoms with E-state index < -0.39 is 0 Å². The van der Waals surface area contributed by atoms with Crippen molar-refractivity contribution >= 4 is 28.5 Å². The minimum atomic E-state index is -0.349. The summed E-state index contributed by atoms with van der Waals surface area (Å²) in [5.41, 5.74) is 12.9. The number of methoxy groups -OCH3 is 2. The van der Waals surface area contributed by atoms with Gasteiger partial charge >= 0.3 is 0 Å². The molecule has 2 amide bonds. The van der Waals surface area contributed by atoms with E-state index in [2.05, 4.69) is 27.1 Å². The van der Waals surface area contributed by atoms with E-state index >= 15 is 0 Å². The second-order valence-corrected chi connectivity index (χ2v) is 14.0. The molecule has 13 heteroatoms. The average molecular weight is 666 g/mol. The maximum absolute atomic E-state index is 13.8. The molecule has 13 nitrogen and oxygen atoms in total. The molecular formula is C36H43N9O4. The second-order valence-electron chi connectivity index (χ2n) is 14.0. The number of aryl methyl sites for hydroxylation is 2. The van der Waals surface area contributed by atoms with Crippen LogP contribution in [0, 0.1) is 12.8 Å². The molecule has 49 heavy (non-hydrogen) atoms. The third-order valence-corrected chi connectivity index (χ3v) is 10.6. The SMILES string of the molecule is COCc1nn(C)cc1C(=O)N[C@H](C)c1ccc2cc(-c3nc4cc(C(=O)N5[C@H]6CC[C@@H]5[C@H](N)C6)cc(OC)n4c3C)n(CC3CC3)c2n1. The Morgan fingerprint density at radius 1 is 1.10 bits per heavy atom. The molecule has 2 bridgehead atoms. The normalized spacial score (nSPS) is 20.9. The van der Waals surface area contributed by atoms with Crippen molar-refractivity contribution in [3.8, 4) is 17.3 Å². The Balaban J connectivity index is 1.15. The van der Waals surface area contributed by atoms with Gasteiger partial charge in [-0.15, -0.1) is 0 Å². The highest BCUT2D eigenvalue weighted by Crippen LogP contribution is 2.40. The number of amides is 2. The van der Waals surface area contributed by atoms with Crippen molar-refractivity contribution in [1.82, 2.24) is 38.9 Å². The first-order valence-corrected chi connectivity index (χ1v) is 17.1. The first kappa shape index (κ1) is 31.5. The Labute approximate surface area is 284 Å². The minimum Gasteiger partial charge on any atom is -0.482 e. The third kappa shape index (κ3) is 5.35. The average Bonchev–Trinajstić information content (AvgIpc) is 3.34. The number of rotatable bonds is 10. The highest BCUT2D eigenvalue weighted by molar-refractivity contribution is 5.97. The van der Waals surface area contributed by atoms with Gasteiger partial charge in [-0.1, -0.05) is 0 Å². The topological polar surface area (TPSA) is 147 Å². The number of aromatic nitrogens is 6. The van der Waals surface area contributed by atoms with Gasteiger partial charge in [0.1, 0.15) is 22.7 Å². The Morgan fingerprint density at radius 2 is 1.92 bits per heavy atom. The number of carbonyl (C=O) groups is 2. The fraction of sp³-hybridized carbons (Fsp3) is 0.472. The number of imidazole rings is 1. The van der Waals surface area contributed by atoms with E-state index in [1.165, 1.54) is 12.8 Å². The van der Waals surface area contributed by atoms with E-state index in [-0.39, 0.29) is 42.6 Å². The van der Waals surface area contributed by atoms with Gasteiger partial charge in [0.05, 0.1) is 42.4 Å². The van der Waals surface area contributed by atoms with Crippen molar-refractivity contribution in [2.75, 3.05) is 14.2 Å². The maximum Gasteiger partial charge on any atom is 0.255 e.